The van der Waals surface area contributed by atoms with Gasteiger partial charge in [-0.3, -0.25) is 4.79 Å². The Morgan fingerprint density at radius 3 is 2.64 bits per heavy atom. The quantitative estimate of drug-likeness (QED) is 0.919. The van der Waals surface area contributed by atoms with Gasteiger partial charge in [-0.25, -0.2) is 0 Å². The molecule has 0 unspecified atom stereocenters. The number of likely N-dealkylation sites (tertiary alicyclic amines) is 1. The van der Waals surface area contributed by atoms with Crippen molar-refractivity contribution in [1.29, 1.82) is 0 Å². The molecule has 1 aromatic heterocycles. The summed E-state index contributed by atoms with van der Waals surface area (Å²) in [6.45, 7) is 5.68. The number of nitrogens with one attached hydrogen (secondary N) is 1. The van der Waals surface area contributed by atoms with Crippen molar-refractivity contribution >= 4 is 5.91 Å². The Bertz CT molecular complexity index is 488. The number of hydrogen-bond acceptors (Lipinski definition) is 5. The summed E-state index contributed by atoms with van der Waals surface area (Å²) >= 11 is 0. The lowest BCUT2D eigenvalue weighted by molar-refractivity contribution is -0.132. The van der Waals surface area contributed by atoms with Crippen molar-refractivity contribution < 1.29 is 9.32 Å². The van der Waals surface area contributed by atoms with Gasteiger partial charge in [0.2, 0.25) is 11.8 Å². The lowest BCUT2D eigenvalue weighted by Crippen LogP contribution is -2.38. The second-order valence-corrected chi connectivity index (χ2v) is 6.57. The van der Waals surface area contributed by atoms with Crippen LogP contribution in [0.1, 0.15) is 56.2 Å². The van der Waals surface area contributed by atoms with Crippen LogP contribution in [0, 0.1) is 12.8 Å². The van der Waals surface area contributed by atoms with Gasteiger partial charge in [-0.1, -0.05) is 5.16 Å². The maximum Gasteiger partial charge on any atom is 0.229 e. The minimum absolute atomic E-state index is 0.315. The minimum atomic E-state index is 0.315. The molecule has 3 rings (SSSR count). The van der Waals surface area contributed by atoms with E-state index < -0.39 is 0 Å². The van der Waals surface area contributed by atoms with Crippen LogP contribution in [0.3, 0.4) is 0 Å². The molecule has 0 spiro atoms. The molecular weight excluding hydrogens is 280 g/mol. The molecule has 0 bridgehead atoms. The number of carbonyl (C=O) groups excluding carboxylic acids is 1. The first-order chi connectivity index (χ1) is 10.7. The van der Waals surface area contributed by atoms with Gasteiger partial charge in [0.1, 0.15) is 0 Å². The first kappa shape index (κ1) is 15.5. The number of amides is 1. The fraction of sp³-hybridized carbons (Fsp3) is 0.812. The zero-order valence-electron chi connectivity index (χ0n) is 13.4. The number of rotatable bonds is 4. The third-order valence-corrected chi connectivity index (χ3v) is 4.97. The van der Waals surface area contributed by atoms with E-state index in [0.717, 1.165) is 57.3 Å². The fourth-order valence-electron chi connectivity index (χ4n) is 3.51. The van der Waals surface area contributed by atoms with Crippen LogP contribution in [0.2, 0.25) is 0 Å². The Morgan fingerprint density at radius 2 is 2.00 bits per heavy atom. The van der Waals surface area contributed by atoms with E-state index in [1.165, 1.54) is 12.8 Å². The largest absolute Gasteiger partial charge is 0.343 e. The molecule has 2 aliphatic rings. The molecule has 3 heterocycles. The molecule has 2 aliphatic heterocycles. The van der Waals surface area contributed by atoms with Crippen molar-refractivity contribution in [3.05, 3.63) is 11.7 Å². The highest BCUT2D eigenvalue weighted by Crippen LogP contribution is 2.27. The van der Waals surface area contributed by atoms with Crippen LogP contribution in [0.4, 0.5) is 0 Å². The van der Waals surface area contributed by atoms with Crippen LogP contribution in [-0.4, -0.2) is 47.1 Å². The second-order valence-electron chi connectivity index (χ2n) is 6.57. The average Bonchev–Trinajstić information content (AvgIpc) is 3.00. The number of piperidine rings is 2. The molecule has 2 saturated heterocycles. The van der Waals surface area contributed by atoms with E-state index in [1.807, 2.05) is 11.8 Å². The van der Waals surface area contributed by atoms with Gasteiger partial charge in [0.25, 0.3) is 0 Å². The van der Waals surface area contributed by atoms with Crippen molar-refractivity contribution in [2.24, 2.45) is 5.92 Å². The summed E-state index contributed by atoms with van der Waals surface area (Å²) in [5, 5.41) is 7.23. The third-order valence-electron chi connectivity index (χ3n) is 4.97. The molecule has 122 valence electrons. The zero-order chi connectivity index (χ0) is 15.4. The van der Waals surface area contributed by atoms with Crippen LogP contribution >= 0.6 is 0 Å². The SMILES string of the molecule is Cc1noc(C2CCN(C(=O)CCC3CCNCC3)CC2)n1. The molecule has 6 nitrogen and oxygen atoms in total. The molecular formula is C16H26N4O2. The summed E-state index contributed by atoms with van der Waals surface area (Å²) in [6.07, 6.45) is 6.04. The summed E-state index contributed by atoms with van der Waals surface area (Å²) in [5.41, 5.74) is 0. The van der Waals surface area contributed by atoms with E-state index in [0.29, 0.717) is 24.1 Å². The number of aromatic nitrogens is 2. The molecule has 1 N–H and O–H groups in total. The summed E-state index contributed by atoms with van der Waals surface area (Å²) in [4.78, 5) is 18.7. The van der Waals surface area contributed by atoms with Crippen LogP contribution in [0.5, 0.6) is 0 Å². The van der Waals surface area contributed by atoms with Crippen molar-refractivity contribution in [2.75, 3.05) is 26.2 Å². The number of hydrogen-bond donors (Lipinski definition) is 1. The molecule has 0 radical (unpaired) electrons. The van der Waals surface area contributed by atoms with Gasteiger partial charge >= 0.3 is 0 Å². The van der Waals surface area contributed by atoms with Gasteiger partial charge in [-0.2, -0.15) is 4.98 Å². The molecule has 0 aromatic carbocycles. The van der Waals surface area contributed by atoms with E-state index in [1.54, 1.807) is 0 Å². The predicted octanol–water partition coefficient (Wildman–Crippen LogP) is 1.86. The van der Waals surface area contributed by atoms with Crippen LogP contribution in [-0.2, 0) is 4.79 Å². The lowest BCUT2D eigenvalue weighted by Gasteiger charge is -2.31. The van der Waals surface area contributed by atoms with Crippen LogP contribution in [0.25, 0.3) is 0 Å². The first-order valence-corrected chi connectivity index (χ1v) is 8.51. The number of aryl methyl sites for hydroxylation is 1. The lowest BCUT2D eigenvalue weighted by atomic mass is 9.92. The normalized spacial score (nSPS) is 21.2. The summed E-state index contributed by atoms with van der Waals surface area (Å²) in [5.74, 6) is 2.78. The molecule has 1 amide bonds. The van der Waals surface area contributed by atoms with Crippen molar-refractivity contribution in [1.82, 2.24) is 20.4 Å². The smallest absolute Gasteiger partial charge is 0.229 e. The number of nitrogens with zero attached hydrogens (tertiary/aromatic N) is 3. The average molecular weight is 306 g/mol. The van der Waals surface area contributed by atoms with Gasteiger partial charge in [-0.05, 0) is 58.0 Å². The molecule has 0 aliphatic carbocycles. The fourth-order valence-corrected chi connectivity index (χ4v) is 3.51. The van der Waals surface area contributed by atoms with Crippen molar-refractivity contribution in [2.45, 2.75) is 51.4 Å². The number of carbonyl (C=O) groups is 1. The molecule has 22 heavy (non-hydrogen) atoms. The highest BCUT2D eigenvalue weighted by Gasteiger charge is 2.27. The maximum absolute atomic E-state index is 12.3. The Labute approximate surface area is 131 Å². The van der Waals surface area contributed by atoms with E-state index in [4.69, 9.17) is 4.52 Å². The zero-order valence-corrected chi connectivity index (χ0v) is 13.4. The highest BCUT2D eigenvalue weighted by molar-refractivity contribution is 5.76. The second kappa shape index (κ2) is 7.22. The van der Waals surface area contributed by atoms with E-state index in [2.05, 4.69) is 15.5 Å². The van der Waals surface area contributed by atoms with Gasteiger partial charge in [0.15, 0.2) is 5.82 Å². The van der Waals surface area contributed by atoms with Crippen LogP contribution < -0.4 is 5.32 Å². The molecule has 0 atom stereocenters. The van der Waals surface area contributed by atoms with Crippen LogP contribution in [0.15, 0.2) is 4.52 Å². The van der Waals surface area contributed by atoms with Crippen molar-refractivity contribution in [3.63, 3.8) is 0 Å². The van der Waals surface area contributed by atoms with E-state index >= 15 is 0 Å². The van der Waals surface area contributed by atoms with Gasteiger partial charge in [0.05, 0.1) is 0 Å². The predicted molar refractivity (Wildman–Crippen MR) is 82.4 cm³/mol. The molecule has 2 fully saturated rings. The topological polar surface area (TPSA) is 71.3 Å². The maximum atomic E-state index is 12.3. The van der Waals surface area contributed by atoms with E-state index in [9.17, 15) is 4.79 Å². The Morgan fingerprint density at radius 1 is 1.27 bits per heavy atom. The Balaban J connectivity index is 1.41. The molecule has 0 saturated carbocycles. The molecule has 1 aromatic rings. The van der Waals surface area contributed by atoms with Gasteiger partial charge in [-0.15, -0.1) is 0 Å². The van der Waals surface area contributed by atoms with Crippen molar-refractivity contribution in [3.8, 4) is 0 Å². The third kappa shape index (κ3) is 3.85. The summed E-state index contributed by atoms with van der Waals surface area (Å²) in [7, 11) is 0. The first-order valence-electron chi connectivity index (χ1n) is 8.51. The van der Waals surface area contributed by atoms with Gasteiger partial charge < -0.3 is 14.7 Å². The monoisotopic (exact) mass is 306 g/mol. The molecule has 6 heteroatoms. The Kier molecular flexibility index (Phi) is 5.08. The summed E-state index contributed by atoms with van der Waals surface area (Å²) in [6, 6.07) is 0. The van der Waals surface area contributed by atoms with E-state index in [-0.39, 0.29) is 0 Å². The summed E-state index contributed by atoms with van der Waals surface area (Å²) < 4.78 is 5.26. The Hall–Kier alpha value is -1.43. The highest BCUT2D eigenvalue weighted by atomic mass is 16.5. The standard InChI is InChI=1S/C16H26N4O2/c1-12-18-16(22-19-12)14-6-10-20(11-7-14)15(21)3-2-13-4-8-17-9-5-13/h13-14,17H,2-11H2,1H3. The minimum Gasteiger partial charge on any atom is -0.343 e. The van der Waals surface area contributed by atoms with Gasteiger partial charge in [0, 0.05) is 25.4 Å².